The molecule has 0 saturated carbocycles. The molecule has 3 aromatic carbocycles. The van der Waals surface area contributed by atoms with Gasteiger partial charge in [0.15, 0.2) is 0 Å². The van der Waals surface area contributed by atoms with Gasteiger partial charge < -0.3 is 5.11 Å². The second-order valence-corrected chi connectivity index (χ2v) is 14.8. The van der Waals surface area contributed by atoms with Gasteiger partial charge in [-0.05, 0) is 28.1 Å². The highest BCUT2D eigenvalue weighted by Crippen LogP contribution is 2.39. The van der Waals surface area contributed by atoms with Crippen LogP contribution in [0.5, 0.6) is 0 Å². The van der Waals surface area contributed by atoms with Crippen molar-refractivity contribution in [3.63, 3.8) is 0 Å². The molecule has 0 saturated heterocycles. The van der Waals surface area contributed by atoms with Crippen LogP contribution in [0.15, 0.2) is 96.8 Å². The zero-order valence-electron chi connectivity index (χ0n) is 19.8. The molecule has 3 heteroatoms. The van der Waals surface area contributed by atoms with E-state index in [0.29, 0.717) is 17.5 Å². The molecule has 0 aliphatic rings. The third-order valence-electron chi connectivity index (χ3n) is 6.60. The van der Waals surface area contributed by atoms with Crippen molar-refractivity contribution in [3.05, 3.63) is 108 Å². The van der Waals surface area contributed by atoms with Crippen molar-refractivity contribution in [2.24, 2.45) is 0 Å². The molecule has 32 heavy (non-hydrogen) atoms. The minimum atomic E-state index is -2.41. The number of halogens is 1. The molecule has 1 N–H and O–H groups in total. The van der Waals surface area contributed by atoms with E-state index in [1.54, 1.807) is 6.08 Å². The Labute approximate surface area is 193 Å². The van der Waals surface area contributed by atoms with Gasteiger partial charge in [-0.15, -0.1) is 0 Å². The van der Waals surface area contributed by atoms with Crippen molar-refractivity contribution in [1.82, 2.24) is 0 Å². The number of benzene rings is 3. The minimum absolute atomic E-state index is 0.0592. The van der Waals surface area contributed by atoms with E-state index in [4.69, 9.17) is 0 Å². The lowest BCUT2D eigenvalue weighted by Gasteiger charge is -2.43. The Kier molecular flexibility index (Phi) is 7.53. The van der Waals surface area contributed by atoms with Crippen LogP contribution in [0.3, 0.4) is 0 Å². The first-order chi connectivity index (χ1) is 15.2. The first-order valence-electron chi connectivity index (χ1n) is 11.4. The van der Waals surface area contributed by atoms with Crippen LogP contribution in [0, 0.1) is 0 Å². The predicted octanol–water partition coefficient (Wildman–Crippen LogP) is 6.76. The van der Waals surface area contributed by atoms with Crippen LogP contribution in [-0.2, 0) is 0 Å². The molecule has 0 heterocycles. The van der Waals surface area contributed by atoms with E-state index in [2.05, 4.69) is 83.1 Å². The smallest absolute Gasteiger partial charge is 0.130 e. The molecule has 3 rings (SSSR count). The lowest BCUT2D eigenvalue weighted by molar-refractivity contribution is 0.185. The van der Waals surface area contributed by atoms with Crippen LogP contribution in [0.4, 0.5) is 4.39 Å². The van der Waals surface area contributed by atoms with Crippen molar-refractivity contribution < 1.29 is 9.50 Å². The standard InChI is InChI=1S/C29H35FOSi/c1-22(2)23-16-18-24(19-17-23)28(31)27(30)20-21-32(29(3,4)5,25-12-8-6-9-13-25)26-14-10-7-11-15-26/h6-20,22,28,31H,21H2,1-5H3/b27-20-. The Morgan fingerprint density at radius 2 is 1.25 bits per heavy atom. The van der Waals surface area contributed by atoms with Gasteiger partial charge in [0.2, 0.25) is 0 Å². The summed E-state index contributed by atoms with van der Waals surface area (Å²) in [6.07, 6.45) is 0.396. The maximum absolute atomic E-state index is 15.3. The summed E-state index contributed by atoms with van der Waals surface area (Å²) in [4.78, 5) is 0. The highest BCUT2D eigenvalue weighted by molar-refractivity contribution is 7.04. The summed E-state index contributed by atoms with van der Waals surface area (Å²) in [5.74, 6) is -0.0768. The van der Waals surface area contributed by atoms with Crippen LogP contribution < -0.4 is 10.4 Å². The molecule has 1 atom stereocenters. The van der Waals surface area contributed by atoms with Crippen molar-refractivity contribution in [3.8, 4) is 0 Å². The molecule has 0 spiro atoms. The van der Waals surface area contributed by atoms with E-state index in [-0.39, 0.29) is 5.04 Å². The topological polar surface area (TPSA) is 20.2 Å². The van der Waals surface area contributed by atoms with Crippen LogP contribution >= 0.6 is 0 Å². The molecule has 0 aromatic heterocycles. The van der Waals surface area contributed by atoms with Gasteiger partial charge in [-0.25, -0.2) is 4.39 Å². The SMILES string of the molecule is CC(C)c1ccc(C(O)/C(F)=C/C[Si](c2ccccc2)(c2ccccc2)C(C)(C)C)cc1. The molecule has 0 aliphatic carbocycles. The molecular weight excluding hydrogens is 411 g/mol. The lowest BCUT2D eigenvalue weighted by Crippen LogP contribution is -2.63. The molecule has 168 valence electrons. The summed E-state index contributed by atoms with van der Waals surface area (Å²) in [7, 11) is -2.41. The minimum Gasteiger partial charge on any atom is -0.381 e. The third-order valence-corrected chi connectivity index (χ3v) is 12.6. The molecule has 0 bridgehead atoms. The van der Waals surface area contributed by atoms with Crippen LogP contribution in [-0.4, -0.2) is 13.2 Å². The van der Waals surface area contributed by atoms with E-state index < -0.39 is 20.0 Å². The summed E-state index contributed by atoms with van der Waals surface area (Å²) in [6.45, 7) is 11.0. The Balaban J connectivity index is 2.02. The number of aliphatic hydroxyl groups excluding tert-OH is 1. The fraction of sp³-hybridized carbons (Fsp3) is 0.310. The van der Waals surface area contributed by atoms with Gasteiger partial charge in [-0.3, -0.25) is 0 Å². The summed E-state index contributed by atoms with van der Waals surface area (Å²) < 4.78 is 15.3. The summed E-state index contributed by atoms with van der Waals surface area (Å²) in [5.41, 5.74) is 1.77. The van der Waals surface area contributed by atoms with Gasteiger partial charge in [0.05, 0.1) is 0 Å². The largest absolute Gasteiger partial charge is 0.381 e. The average Bonchev–Trinajstić information content (AvgIpc) is 2.79. The average molecular weight is 447 g/mol. The number of aliphatic hydroxyl groups is 1. The second kappa shape index (κ2) is 9.97. The van der Waals surface area contributed by atoms with E-state index in [9.17, 15) is 5.11 Å². The molecular formula is C29H35FOSi. The maximum Gasteiger partial charge on any atom is 0.130 e. The van der Waals surface area contributed by atoms with E-state index in [1.807, 2.05) is 36.4 Å². The molecule has 3 aromatic rings. The number of hydrogen-bond donors (Lipinski definition) is 1. The zero-order chi connectivity index (χ0) is 23.4. The summed E-state index contributed by atoms with van der Waals surface area (Å²) >= 11 is 0. The fourth-order valence-corrected chi connectivity index (χ4v) is 9.78. The van der Waals surface area contributed by atoms with Crippen LogP contribution in [0.25, 0.3) is 0 Å². The molecule has 0 fully saturated rings. The number of allylic oxidation sites excluding steroid dienone is 1. The Hall–Kier alpha value is -2.49. The van der Waals surface area contributed by atoms with E-state index >= 15 is 4.39 Å². The number of hydrogen-bond acceptors (Lipinski definition) is 1. The molecule has 1 nitrogen and oxygen atoms in total. The second-order valence-electron chi connectivity index (χ2n) is 9.90. The lowest BCUT2D eigenvalue weighted by atomic mass is 9.99. The van der Waals surface area contributed by atoms with Crippen LogP contribution in [0.1, 0.15) is 57.8 Å². The quantitative estimate of drug-likeness (QED) is 0.398. The summed E-state index contributed by atoms with van der Waals surface area (Å²) in [6, 6.07) is 29.2. The Bertz CT molecular complexity index is 979. The van der Waals surface area contributed by atoms with E-state index in [1.165, 1.54) is 15.9 Å². The highest BCUT2D eigenvalue weighted by atomic mass is 28.3. The maximum atomic E-state index is 15.3. The van der Waals surface area contributed by atoms with Gasteiger partial charge in [-0.1, -0.05) is 136 Å². The first-order valence-corrected chi connectivity index (χ1v) is 13.6. The van der Waals surface area contributed by atoms with Crippen molar-refractivity contribution in [2.45, 2.75) is 57.7 Å². The van der Waals surface area contributed by atoms with Gasteiger partial charge in [0, 0.05) is 0 Å². The van der Waals surface area contributed by atoms with Crippen molar-refractivity contribution >= 4 is 18.4 Å². The fourth-order valence-electron chi connectivity index (χ4n) is 4.60. The Morgan fingerprint density at radius 1 is 0.812 bits per heavy atom. The molecule has 1 unspecified atom stereocenters. The highest BCUT2D eigenvalue weighted by Gasteiger charge is 2.46. The molecule has 0 amide bonds. The summed E-state index contributed by atoms with van der Waals surface area (Å²) in [5, 5.41) is 13.2. The van der Waals surface area contributed by atoms with E-state index in [0.717, 1.165) is 0 Å². The normalized spacial score (nSPS) is 13.9. The predicted molar refractivity (Wildman–Crippen MR) is 137 cm³/mol. The van der Waals surface area contributed by atoms with Gasteiger partial charge >= 0.3 is 0 Å². The van der Waals surface area contributed by atoms with Crippen molar-refractivity contribution in [1.29, 1.82) is 0 Å². The van der Waals surface area contributed by atoms with Crippen LogP contribution in [0.2, 0.25) is 11.1 Å². The van der Waals surface area contributed by atoms with Crippen molar-refractivity contribution in [2.75, 3.05) is 0 Å². The van der Waals surface area contributed by atoms with Gasteiger partial charge in [0.1, 0.15) is 20.0 Å². The monoisotopic (exact) mass is 446 g/mol. The molecule has 0 aliphatic heterocycles. The Morgan fingerprint density at radius 3 is 1.66 bits per heavy atom. The molecule has 0 radical (unpaired) electrons. The first kappa shape index (κ1) is 24.2. The number of rotatable bonds is 7. The van der Waals surface area contributed by atoms with Gasteiger partial charge in [-0.2, -0.15) is 0 Å². The van der Waals surface area contributed by atoms with Gasteiger partial charge in [0.25, 0.3) is 0 Å². The zero-order valence-corrected chi connectivity index (χ0v) is 20.8. The third kappa shape index (κ3) is 4.95.